The van der Waals surface area contributed by atoms with Gasteiger partial charge in [-0.05, 0) is 48.8 Å². The predicted molar refractivity (Wildman–Crippen MR) is 106 cm³/mol. The van der Waals surface area contributed by atoms with Gasteiger partial charge in [0.15, 0.2) is 0 Å². The van der Waals surface area contributed by atoms with Crippen LogP contribution in [0.2, 0.25) is 0 Å². The lowest BCUT2D eigenvalue weighted by atomic mass is 10.1. The molecule has 0 aliphatic heterocycles. The van der Waals surface area contributed by atoms with Crippen molar-refractivity contribution >= 4 is 17.0 Å². The van der Waals surface area contributed by atoms with Crippen LogP contribution in [-0.4, -0.2) is 11.5 Å². The molecule has 0 N–H and O–H groups in total. The maximum atomic E-state index is 11.1. The van der Waals surface area contributed by atoms with Gasteiger partial charge in [0, 0.05) is 22.6 Å². The summed E-state index contributed by atoms with van der Waals surface area (Å²) in [6.45, 7) is 0.616. The van der Waals surface area contributed by atoms with E-state index in [4.69, 9.17) is 4.74 Å². The Morgan fingerprint density at radius 2 is 1.81 bits per heavy atom. The van der Waals surface area contributed by atoms with Crippen molar-refractivity contribution in [1.82, 2.24) is 0 Å². The first-order valence-corrected chi connectivity index (χ1v) is 9.61. The van der Waals surface area contributed by atoms with Gasteiger partial charge in [0.25, 0.3) is 5.69 Å². The molecule has 0 aliphatic carbocycles. The van der Waals surface area contributed by atoms with Crippen molar-refractivity contribution in [1.29, 1.82) is 0 Å². The Labute approximate surface area is 157 Å². The third-order valence-corrected chi connectivity index (χ3v) is 5.07. The van der Waals surface area contributed by atoms with Crippen LogP contribution in [0.5, 0.6) is 5.75 Å². The Morgan fingerprint density at radius 3 is 2.54 bits per heavy atom. The number of hydrogen-bond donors (Lipinski definition) is 0. The Morgan fingerprint density at radius 1 is 0.962 bits per heavy atom. The molecule has 2 aromatic carbocycles. The molecule has 134 valence electrons. The molecule has 0 atom stereocenters. The first-order chi connectivity index (χ1) is 12.7. The smallest absolute Gasteiger partial charge is 0.270 e. The third-order valence-electron chi connectivity index (χ3n) is 4.17. The minimum absolute atomic E-state index is 0.0867. The summed E-state index contributed by atoms with van der Waals surface area (Å²) in [6.07, 6.45) is 4.27. The van der Waals surface area contributed by atoms with Crippen LogP contribution in [0.3, 0.4) is 0 Å². The minimum Gasteiger partial charge on any atom is -0.493 e. The molecule has 26 heavy (non-hydrogen) atoms. The van der Waals surface area contributed by atoms with E-state index in [1.807, 2.05) is 23.6 Å². The molecule has 3 aromatic rings. The summed E-state index contributed by atoms with van der Waals surface area (Å²) in [4.78, 5) is 11.7. The maximum absolute atomic E-state index is 11.1. The van der Waals surface area contributed by atoms with E-state index in [0.717, 1.165) is 36.1 Å². The number of nitro benzene ring substituents is 1. The molecular weight excluding hydrogens is 346 g/mol. The number of rotatable bonds is 9. The van der Waals surface area contributed by atoms with E-state index < -0.39 is 0 Å². The van der Waals surface area contributed by atoms with Crippen LogP contribution in [-0.2, 0) is 6.42 Å². The van der Waals surface area contributed by atoms with Crippen LogP contribution < -0.4 is 4.74 Å². The largest absolute Gasteiger partial charge is 0.493 e. The molecule has 0 unspecified atom stereocenters. The number of non-ortho nitro benzene ring substituents is 1. The van der Waals surface area contributed by atoms with Gasteiger partial charge in [-0.15, -0.1) is 11.3 Å². The van der Waals surface area contributed by atoms with Crippen molar-refractivity contribution in [2.24, 2.45) is 0 Å². The van der Waals surface area contributed by atoms with Gasteiger partial charge in [0.05, 0.1) is 11.5 Å². The van der Waals surface area contributed by atoms with Crippen LogP contribution in [0.25, 0.3) is 10.4 Å². The molecule has 0 spiro atoms. The molecule has 4 nitrogen and oxygen atoms in total. The molecule has 0 amide bonds. The second-order valence-corrected chi connectivity index (χ2v) is 7.01. The Kier molecular flexibility index (Phi) is 6.39. The minimum atomic E-state index is -0.371. The molecule has 5 heteroatoms. The summed E-state index contributed by atoms with van der Waals surface area (Å²) in [6, 6.07) is 19.2. The number of nitrogens with zero attached hydrogens (tertiary/aromatic N) is 1. The number of aryl methyl sites for hydroxylation is 1. The van der Waals surface area contributed by atoms with Crippen LogP contribution in [0.1, 0.15) is 24.8 Å². The summed E-state index contributed by atoms with van der Waals surface area (Å²) < 4.78 is 5.93. The van der Waals surface area contributed by atoms with Crippen LogP contribution in [0.4, 0.5) is 5.69 Å². The molecule has 0 aliphatic rings. The molecule has 0 saturated heterocycles. The van der Waals surface area contributed by atoms with Crippen molar-refractivity contribution in [3.63, 3.8) is 0 Å². The summed E-state index contributed by atoms with van der Waals surface area (Å²) in [7, 11) is 0. The molecule has 0 saturated carbocycles. The molecular formula is C21H21NO3S. The topological polar surface area (TPSA) is 52.4 Å². The van der Waals surface area contributed by atoms with E-state index in [0.29, 0.717) is 12.4 Å². The summed E-state index contributed by atoms with van der Waals surface area (Å²) in [5.74, 6) is 0.709. The predicted octanol–water partition coefficient (Wildman–Crippen LogP) is 6.12. The zero-order valence-electron chi connectivity index (χ0n) is 14.5. The van der Waals surface area contributed by atoms with Gasteiger partial charge in [-0.25, -0.2) is 0 Å². The lowest BCUT2D eigenvalue weighted by Gasteiger charge is -2.10. The Bertz CT molecular complexity index is 832. The zero-order valence-corrected chi connectivity index (χ0v) is 15.3. The highest BCUT2D eigenvalue weighted by Crippen LogP contribution is 2.36. The van der Waals surface area contributed by atoms with Gasteiger partial charge in [-0.3, -0.25) is 10.1 Å². The lowest BCUT2D eigenvalue weighted by molar-refractivity contribution is -0.384. The molecule has 0 radical (unpaired) electrons. The van der Waals surface area contributed by atoms with Gasteiger partial charge in [-0.1, -0.05) is 36.4 Å². The number of hydrogen-bond acceptors (Lipinski definition) is 4. The first kappa shape index (κ1) is 18.1. The highest BCUT2D eigenvalue weighted by molar-refractivity contribution is 7.13. The molecule has 1 heterocycles. The molecule has 0 fully saturated rings. The average molecular weight is 367 g/mol. The van der Waals surface area contributed by atoms with Crippen LogP contribution >= 0.6 is 11.3 Å². The number of nitro groups is 1. The summed E-state index contributed by atoms with van der Waals surface area (Å²) >= 11 is 1.55. The Hall–Kier alpha value is -2.66. The number of benzene rings is 2. The second-order valence-electron chi connectivity index (χ2n) is 6.06. The quantitative estimate of drug-likeness (QED) is 0.260. The number of thiophene rings is 1. The highest BCUT2D eigenvalue weighted by Gasteiger charge is 2.14. The van der Waals surface area contributed by atoms with Gasteiger partial charge in [0.2, 0.25) is 0 Å². The van der Waals surface area contributed by atoms with E-state index >= 15 is 0 Å². The normalized spacial score (nSPS) is 10.6. The fourth-order valence-corrected chi connectivity index (χ4v) is 3.56. The van der Waals surface area contributed by atoms with Crippen molar-refractivity contribution < 1.29 is 9.66 Å². The van der Waals surface area contributed by atoms with E-state index in [1.54, 1.807) is 23.5 Å². The molecule has 3 rings (SSSR count). The number of unbranched alkanes of at least 4 members (excludes halogenated alkanes) is 2. The van der Waals surface area contributed by atoms with Crippen molar-refractivity contribution in [2.75, 3.05) is 6.61 Å². The number of ether oxygens (including phenoxy) is 1. The first-order valence-electron chi connectivity index (χ1n) is 8.73. The van der Waals surface area contributed by atoms with Crippen LogP contribution in [0, 0.1) is 10.1 Å². The van der Waals surface area contributed by atoms with Gasteiger partial charge in [-0.2, -0.15) is 0 Å². The van der Waals surface area contributed by atoms with Crippen molar-refractivity contribution in [2.45, 2.75) is 25.7 Å². The summed E-state index contributed by atoms with van der Waals surface area (Å²) in [5.41, 5.74) is 2.24. The fourth-order valence-electron chi connectivity index (χ4n) is 2.82. The molecule has 1 aromatic heterocycles. The van der Waals surface area contributed by atoms with Gasteiger partial charge < -0.3 is 4.74 Å². The third kappa shape index (κ3) is 4.92. The van der Waals surface area contributed by atoms with E-state index in [9.17, 15) is 10.1 Å². The van der Waals surface area contributed by atoms with Gasteiger partial charge >= 0.3 is 0 Å². The lowest BCUT2D eigenvalue weighted by Crippen LogP contribution is -2.00. The van der Waals surface area contributed by atoms with Crippen molar-refractivity contribution in [3.8, 4) is 16.2 Å². The van der Waals surface area contributed by atoms with E-state index in [-0.39, 0.29) is 10.6 Å². The van der Waals surface area contributed by atoms with Crippen LogP contribution in [0.15, 0.2) is 66.0 Å². The highest BCUT2D eigenvalue weighted by atomic mass is 32.1. The standard InChI is InChI=1S/C21H21NO3S/c23-22(24)18-12-13-20(19(16-18)21-11-7-15-26-21)25-14-6-2-5-10-17-8-3-1-4-9-17/h1,3-4,7-9,11-13,15-16H,2,5-6,10,14H2. The Balaban J connectivity index is 1.53. The monoisotopic (exact) mass is 367 g/mol. The fraction of sp³-hybridized carbons (Fsp3) is 0.238. The summed E-state index contributed by atoms with van der Waals surface area (Å²) in [5, 5.41) is 13.0. The van der Waals surface area contributed by atoms with E-state index in [2.05, 4.69) is 24.3 Å². The second kappa shape index (κ2) is 9.15. The SMILES string of the molecule is O=[N+]([O-])c1ccc(OCCCCCc2ccccc2)c(-c2cccs2)c1. The molecule has 0 bridgehead atoms. The maximum Gasteiger partial charge on any atom is 0.270 e. The van der Waals surface area contributed by atoms with Crippen molar-refractivity contribution in [3.05, 3.63) is 81.7 Å². The van der Waals surface area contributed by atoms with Gasteiger partial charge in [0.1, 0.15) is 5.75 Å². The average Bonchev–Trinajstić information content (AvgIpc) is 3.20. The van der Waals surface area contributed by atoms with E-state index in [1.165, 1.54) is 11.6 Å². The zero-order chi connectivity index (χ0) is 18.2.